The van der Waals surface area contributed by atoms with Gasteiger partial charge in [-0.15, -0.1) is 10.2 Å². The van der Waals surface area contributed by atoms with Crippen molar-refractivity contribution in [1.29, 1.82) is 0 Å². The molecule has 4 atom stereocenters. The summed E-state index contributed by atoms with van der Waals surface area (Å²) < 4.78 is 54.1. The number of sulfonamides is 1. The minimum Gasteiger partial charge on any atom is -0.382 e. The van der Waals surface area contributed by atoms with Crippen LogP contribution >= 0.6 is 11.6 Å². The number of rotatable bonds is 14. The summed E-state index contributed by atoms with van der Waals surface area (Å²) in [5, 5.41) is 7.77. The fourth-order valence-electron chi connectivity index (χ4n) is 4.04. The summed E-state index contributed by atoms with van der Waals surface area (Å²) >= 11 is 5.92. The van der Waals surface area contributed by atoms with E-state index in [0.717, 1.165) is 12.8 Å². The molecule has 0 amide bonds. The van der Waals surface area contributed by atoms with E-state index in [1.165, 1.54) is 19.3 Å². The maximum atomic E-state index is 13.6. The monoisotopic (exact) mass is 546 g/mol. The summed E-state index contributed by atoms with van der Waals surface area (Å²) in [7, 11) is -0.914. The molecule has 1 aliphatic heterocycles. The number of methoxy groups -OCH3 is 2. The Bertz CT molecular complexity index is 1060. The van der Waals surface area contributed by atoms with Gasteiger partial charge >= 0.3 is 0 Å². The lowest BCUT2D eigenvalue weighted by Crippen LogP contribution is -2.35. The molecule has 3 heterocycles. The van der Waals surface area contributed by atoms with Crippen LogP contribution in [0.1, 0.15) is 69.9 Å². The van der Waals surface area contributed by atoms with Crippen LogP contribution in [-0.4, -0.2) is 78.5 Å². The summed E-state index contributed by atoms with van der Waals surface area (Å²) in [5.41, 5.74) is 0. The standard InChI is InChI=1S/C22H35ClN6O6S/c1-6-9-34-19(20-24-10-16(23)11-25-20)15(3)36(30,31)28-22-27-26-21(18-8-7-14(2)35-18)29(22)17(12-32-4)13-33-5/h10-11,14-15,17-19H,6-9,12-13H2,1-5H3,(H,27,28)/t14-,15+,18-,19-/m1/s1. The number of halogens is 1. The van der Waals surface area contributed by atoms with Gasteiger partial charge in [-0.3, -0.25) is 9.29 Å². The van der Waals surface area contributed by atoms with Crippen molar-refractivity contribution in [2.75, 3.05) is 38.8 Å². The van der Waals surface area contributed by atoms with Crippen molar-refractivity contribution >= 4 is 27.6 Å². The van der Waals surface area contributed by atoms with Crippen LogP contribution in [0.25, 0.3) is 0 Å². The molecule has 12 nitrogen and oxygen atoms in total. The highest BCUT2D eigenvalue weighted by Crippen LogP contribution is 2.35. The van der Waals surface area contributed by atoms with Crippen molar-refractivity contribution in [3.05, 3.63) is 29.1 Å². The minimum atomic E-state index is -4.04. The largest absolute Gasteiger partial charge is 0.382 e. The first-order valence-corrected chi connectivity index (χ1v) is 13.8. The topological polar surface area (TPSA) is 140 Å². The predicted molar refractivity (Wildman–Crippen MR) is 133 cm³/mol. The molecule has 0 spiro atoms. The number of hydrogen-bond donors (Lipinski definition) is 1. The van der Waals surface area contributed by atoms with Crippen molar-refractivity contribution in [3.63, 3.8) is 0 Å². The van der Waals surface area contributed by atoms with E-state index in [2.05, 4.69) is 24.9 Å². The Kier molecular flexibility index (Phi) is 10.4. The van der Waals surface area contributed by atoms with Gasteiger partial charge < -0.3 is 18.9 Å². The van der Waals surface area contributed by atoms with Crippen LogP contribution < -0.4 is 4.72 Å². The predicted octanol–water partition coefficient (Wildman–Crippen LogP) is 3.09. The molecule has 0 bridgehead atoms. The van der Waals surface area contributed by atoms with Gasteiger partial charge in [-0.1, -0.05) is 18.5 Å². The highest BCUT2D eigenvalue weighted by atomic mass is 35.5. The second kappa shape index (κ2) is 13.1. The zero-order valence-electron chi connectivity index (χ0n) is 21.3. The van der Waals surface area contributed by atoms with E-state index >= 15 is 0 Å². The molecule has 2 aromatic rings. The third kappa shape index (κ3) is 6.90. The van der Waals surface area contributed by atoms with Crippen molar-refractivity contribution in [2.45, 2.75) is 69.6 Å². The van der Waals surface area contributed by atoms with Gasteiger partial charge in [0, 0.05) is 33.2 Å². The fraction of sp³-hybridized carbons (Fsp3) is 0.727. The molecule has 1 aliphatic rings. The Labute approximate surface area is 217 Å². The van der Waals surface area contributed by atoms with Crippen LogP contribution in [-0.2, 0) is 29.0 Å². The van der Waals surface area contributed by atoms with Crippen LogP contribution in [0, 0.1) is 0 Å². The van der Waals surface area contributed by atoms with E-state index in [0.29, 0.717) is 23.9 Å². The first-order valence-electron chi connectivity index (χ1n) is 11.9. The second-order valence-electron chi connectivity index (χ2n) is 8.73. The molecular formula is C22H35ClN6O6S. The van der Waals surface area contributed by atoms with Gasteiger partial charge in [-0.25, -0.2) is 18.4 Å². The van der Waals surface area contributed by atoms with Gasteiger partial charge in [0.15, 0.2) is 11.6 Å². The van der Waals surface area contributed by atoms with E-state index < -0.39 is 21.4 Å². The fourth-order valence-corrected chi connectivity index (χ4v) is 5.25. The van der Waals surface area contributed by atoms with Gasteiger partial charge in [-0.2, -0.15) is 0 Å². The van der Waals surface area contributed by atoms with Crippen LogP contribution in [0.3, 0.4) is 0 Å². The van der Waals surface area contributed by atoms with Crippen LogP contribution in [0.2, 0.25) is 5.02 Å². The van der Waals surface area contributed by atoms with Crippen LogP contribution in [0.15, 0.2) is 12.4 Å². The SMILES string of the molecule is CCCO[C@@H](c1ncc(Cl)cn1)[C@H](C)S(=O)(=O)Nc1nnc([C@H]2CC[C@@H](C)O2)n1C(COC)COC. The summed E-state index contributed by atoms with van der Waals surface area (Å²) in [6.45, 7) is 6.30. The number of nitrogens with zero attached hydrogens (tertiary/aromatic N) is 5. The van der Waals surface area contributed by atoms with Crippen LogP contribution in [0.4, 0.5) is 5.95 Å². The molecule has 0 aromatic carbocycles. The molecule has 0 aliphatic carbocycles. The zero-order chi connectivity index (χ0) is 26.3. The summed E-state index contributed by atoms with van der Waals surface area (Å²) in [6, 6.07) is -0.385. The molecular weight excluding hydrogens is 512 g/mol. The average molecular weight is 547 g/mol. The first kappa shape index (κ1) is 28.7. The summed E-state index contributed by atoms with van der Waals surface area (Å²) in [6.07, 6.45) is 3.94. The Balaban J connectivity index is 1.95. The molecule has 1 N–H and O–H groups in total. The number of aromatic nitrogens is 5. The molecule has 0 unspecified atom stereocenters. The van der Waals surface area contributed by atoms with Gasteiger partial charge in [-0.05, 0) is 33.1 Å². The summed E-state index contributed by atoms with van der Waals surface area (Å²) in [4.78, 5) is 8.38. The molecule has 14 heteroatoms. The number of anilines is 1. The molecule has 2 aromatic heterocycles. The normalized spacial score (nSPS) is 20.1. The maximum Gasteiger partial charge on any atom is 0.240 e. The van der Waals surface area contributed by atoms with Crippen molar-refractivity contribution in [2.24, 2.45) is 0 Å². The van der Waals surface area contributed by atoms with E-state index in [9.17, 15) is 8.42 Å². The maximum absolute atomic E-state index is 13.6. The lowest BCUT2D eigenvalue weighted by molar-refractivity contribution is 0.0405. The molecule has 1 fully saturated rings. The Morgan fingerprint density at radius 1 is 1.19 bits per heavy atom. The van der Waals surface area contributed by atoms with Gasteiger partial charge in [0.1, 0.15) is 17.5 Å². The lowest BCUT2D eigenvalue weighted by atomic mass is 10.2. The van der Waals surface area contributed by atoms with E-state index in [1.54, 1.807) is 18.8 Å². The molecule has 0 saturated carbocycles. The summed E-state index contributed by atoms with van der Waals surface area (Å²) in [5.74, 6) is 0.784. The van der Waals surface area contributed by atoms with Gasteiger partial charge in [0.25, 0.3) is 0 Å². The number of hydrogen-bond acceptors (Lipinski definition) is 10. The van der Waals surface area contributed by atoms with Crippen molar-refractivity contribution < 1.29 is 27.4 Å². The van der Waals surface area contributed by atoms with E-state index in [4.69, 9.17) is 30.5 Å². The van der Waals surface area contributed by atoms with Gasteiger partial charge in [0.2, 0.25) is 16.0 Å². The average Bonchev–Trinajstić information content (AvgIpc) is 3.45. The highest BCUT2D eigenvalue weighted by molar-refractivity contribution is 7.93. The molecule has 202 valence electrons. The minimum absolute atomic E-state index is 0.0466. The lowest BCUT2D eigenvalue weighted by Gasteiger charge is -2.25. The Morgan fingerprint density at radius 3 is 2.42 bits per heavy atom. The van der Waals surface area contributed by atoms with Gasteiger partial charge in [0.05, 0.1) is 30.4 Å². The van der Waals surface area contributed by atoms with Crippen molar-refractivity contribution in [3.8, 4) is 0 Å². The third-order valence-corrected chi connectivity index (χ3v) is 7.76. The molecule has 1 saturated heterocycles. The smallest absolute Gasteiger partial charge is 0.240 e. The van der Waals surface area contributed by atoms with E-state index in [-0.39, 0.29) is 43.2 Å². The third-order valence-electron chi connectivity index (χ3n) is 5.87. The molecule has 0 radical (unpaired) electrons. The molecule has 36 heavy (non-hydrogen) atoms. The highest BCUT2D eigenvalue weighted by Gasteiger charge is 2.37. The zero-order valence-corrected chi connectivity index (χ0v) is 22.8. The Hall–Kier alpha value is -1.90. The van der Waals surface area contributed by atoms with Crippen LogP contribution in [0.5, 0.6) is 0 Å². The Morgan fingerprint density at radius 2 is 1.86 bits per heavy atom. The number of ether oxygens (including phenoxy) is 4. The second-order valence-corrected chi connectivity index (χ2v) is 11.2. The van der Waals surface area contributed by atoms with E-state index in [1.807, 2.05) is 13.8 Å². The molecule has 3 rings (SSSR count). The first-order chi connectivity index (χ1) is 17.2. The quantitative estimate of drug-likeness (QED) is 0.376. The van der Waals surface area contributed by atoms with Crippen molar-refractivity contribution in [1.82, 2.24) is 24.7 Å². The number of nitrogens with one attached hydrogen (secondary N) is 1.